The molecule has 2 aliphatic rings. The van der Waals surface area contributed by atoms with Crippen LogP contribution in [0.5, 0.6) is 0 Å². The highest BCUT2D eigenvalue weighted by Gasteiger charge is 2.35. The van der Waals surface area contributed by atoms with E-state index in [-0.39, 0.29) is 17.0 Å². The van der Waals surface area contributed by atoms with E-state index in [1.54, 1.807) is 17.8 Å². The molecule has 5 rings (SSSR count). The van der Waals surface area contributed by atoms with E-state index in [1.807, 2.05) is 20.2 Å². The van der Waals surface area contributed by atoms with Crippen molar-refractivity contribution >= 4 is 16.0 Å². The summed E-state index contributed by atoms with van der Waals surface area (Å²) in [5.74, 6) is 1.65. The molecule has 2 atom stereocenters. The van der Waals surface area contributed by atoms with Crippen molar-refractivity contribution in [3.05, 3.63) is 35.8 Å². The molecule has 4 heterocycles. The summed E-state index contributed by atoms with van der Waals surface area (Å²) in [6, 6.07) is 0.0829. The molecule has 1 saturated heterocycles. The third-order valence-electron chi connectivity index (χ3n) is 6.58. The minimum absolute atomic E-state index is 0.0829. The molecule has 1 aliphatic carbocycles. The van der Waals surface area contributed by atoms with E-state index >= 15 is 0 Å². The van der Waals surface area contributed by atoms with Gasteiger partial charge in [0.05, 0.1) is 23.4 Å². The Morgan fingerprint density at radius 2 is 1.97 bits per heavy atom. The van der Waals surface area contributed by atoms with Crippen molar-refractivity contribution in [2.75, 3.05) is 18.4 Å². The van der Waals surface area contributed by atoms with Gasteiger partial charge < -0.3 is 14.5 Å². The highest BCUT2D eigenvalue weighted by molar-refractivity contribution is 7.89. The predicted octanol–water partition coefficient (Wildman–Crippen LogP) is 1.53. The number of piperidine rings is 1. The number of fused-ring (bicyclic) bond motifs is 3. The highest BCUT2D eigenvalue weighted by atomic mass is 32.2. The zero-order valence-corrected chi connectivity index (χ0v) is 19.6. The van der Waals surface area contributed by atoms with Crippen molar-refractivity contribution in [3.8, 4) is 11.4 Å². The minimum Gasteiger partial charge on any atom is -0.351 e. The third-order valence-corrected chi connectivity index (χ3v) is 8.33. The topological polar surface area (TPSA) is 111 Å². The Morgan fingerprint density at radius 1 is 1.16 bits per heavy atom. The second-order valence-electron chi connectivity index (χ2n) is 8.84. The first kappa shape index (κ1) is 21.1. The minimum atomic E-state index is -3.59. The summed E-state index contributed by atoms with van der Waals surface area (Å²) in [6.07, 6.45) is 7.41. The van der Waals surface area contributed by atoms with Crippen LogP contribution in [0.15, 0.2) is 23.7 Å². The monoisotopic (exact) mass is 456 g/mol. The molecule has 0 unspecified atom stereocenters. The van der Waals surface area contributed by atoms with Gasteiger partial charge in [0.2, 0.25) is 5.95 Å². The van der Waals surface area contributed by atoms with Crippen molar-refractivity contribution < 1.29 is 8.42 Å². The van der Waals surface area contributed by atoms with Crippen LogP contribution in [0.4, 0.5) is 5.95 Å². The summed E-state index contributed by atoms with van der Waals surface area (Å²) in [7, 11) is 0.196. The smallest absolute Gasteiger partial charge is 0.262 e. The fourth-order valence-electron chi connectivity index (χ4n) is 4.63. The molecule has 3 aromatic rings. The molecule has 3 aromatic heterocycles. The number of nitrogens with one attached hydrogen (secondary N) is 1. The maximum absolute atomic E-state index is 12.9. The molecule has 1 N–H and O–H groups in total. The predicted molar refractivity (Wildman–Crippen MR) is 120 cm³/mol. The Balaban J connectivity index is 1.33. The van der Waals surface area contributed by atoms with Crippen molar-refractivity contribution in [3.63, 3.8) is 0 Å². The molecule has 0 radical (unpaired) electrons. The number of imidazole rings is 2. The Hall–Kier alpha value is -2.79. The van der Waals surface area contributed by atoms with Gasteiger partial charge in [-0.2, -0.15) is 4.31 Å². The summed E-state index contributed by atoms with van der Waals surface area (Å²) in [5.41, 5.74) is 4.23. The number of aromatic nitrogens is 6. The van der Waals surface area contributed by atoms with Gasteiger partial charge >= 0.3 is 0 Å². The summed E-state index contributed by atoms with van der Waals surface area (Å²) < 4.78 is 31.1. The summed E-state index contributed by atoms with van der Waals surface area (Å²) in [4.78, 5) is 18.1. The third kappa shape index (κ3) is 3.49. The Labute approximate surface area is 187 Å². The van der Waals surface area contributed by atoms with Crippen LogP contribution in [0.1, 0.15) is 30.4 Å². The molecular weight excluding hydrogens is 428 g/mol. The van der Waals surface area contributed by atoms with E-state index in [9.17, 15) is 8.42 Å². The largest absolute Gasteiger partial charge is 0.351 e. The van der Waals surface area contributed by atoms with Gasteiger partial charge in [-0.15, -0.1) is 0 Å². The number of anilines is 1. The molecule has 10 nitrogen and oxygen atoms in total. The zero-order valence-electron chi connectivity index (χ0n) is 18.8. The normalized spacial score (nSPS) is 21.2. The number of aryl methyl sites for hydroxylation is 4. The Bertz CT molecular complexity index is 1280. The lowest BCUT2D eigenvalue weighted by atomic mass is 9.95. The van der Waals surface area contributed by atoms with Gasteiger partial charge in [0.15, 0.2) is 5.03 Å². The molecule has 0 bridgehead atoms. The summed E-state index contributed by atoms with van der Waals surface area (Å²) >= 11 is 0. The van der Waals surface area contributed by atoms with Crippen LogP contribution in [0.25, 0.3) is 11.4 Å². The first-order valence-corrected chi connectivity index (χ1v) is 12.3. The number of hydrogen-bond acceptors (Lipinski definition) is 7. The van der Waals surface area contributed by atoms with Crippen molar-refractivity contribution in [1.82, 2.24) is 33.4 Å². The van der Waals surface area contributed by atoms with E-state index in [2.05, 4.69) is 31.8 Å². The van der Waals surface area contributed by atoms with Crippen LogP contribution in [-0.2, 0) is 37.0 Å². The van der Waals surface area contributed by atoms with Crippen molar-refractivity contribution in [1.29, 1.82) is 0 Å². The van der Waals surface area contributed by atoms with E-state index in [1.165, 1.54) is 10.6 Å². The van der Waals surface area contributed by atoms with Crippen molar-refractivity contribution in [2.24, 2.45) is 20.0 Å². The first-order valence-electron chi connectivity index (χ1n) is 10.9. The molecule has 1 fully saturated rings. The lowest BCUT2D eigenvalue weighted by Gasteiger charge is -2.36. The number of nitrogens with zero attached hydrogens (tertiary/aromatic N) is 7. The maximum atomic E-state index is 12.9. The summed E-state index contributed by atoms with van der Waals surface area (Å²) in [6.45, 7) is 4.91. The molecule has 0 amide bonds. The van der Waals surface area contributed by atoms with Crippen LogP contribution in [-0.4, -0.2) is 60.9 Å². The van der Waals surface area contributed by atoms with E-state index in [0.29, 0.717) is 25.5 Å². The van der Waals surface area contributed by atoms with Gasteiger partial charge in [0, 0.05) is 45.6 Å². The lowest BCUT2D eigenvalue weighted by molar-refractivity contribution is 0.260. The van der Waals surface area contributed by atoms with Gasteiger partial charge in [0.25, 0.3) is 10.0 Å². The fourth-order valence-corrected chi connectivity index (χ4v) is 6.15. The van der Waals surface area contributed by atoms with Crippen LogP contribution >= 0.6 is 0 Å². The van der Waals surface area contributed by atoms with E-state index < -0.39 is 10.0 Å². The van der Waals surface area contributed by atoms with Crippen LogP contribution in [0, 0.1) is 12.8 Å². The molecule has 0 spiro atoms. The number of sulfonamides is 1. The van der Waals surface area contributed by atoms with Crippen molar-refractivity contribution in [2.45, 2.75) is 44.2 Å². The van der Waals surface area contributed by atoms with E-state index in [0.717, 1.165) is 41.3 Å². The van der Waals surface area contributed by atoms with Gasteiger partial charge in [-0.3, -0.25) is 0 Å². The van der Waals surface area contributed by atoms with Gasteiger partial charge in [0.1, 0.15) is 5.82 Å². The van der Waals surface area contributed by atoms with Gasteiger partial charge in [-0.1, -0.05) is 6.92 Å². The second-order valence-corrected chi connectivity index (χ2v) is 10.7. The summed E-state index contributed by atoms with van der Waals surface area (Å²) in [5, 5.41) is 3.56. The van der Waals surface area contributed by atoms with Crippen LogP contribution in [0.3, 0.4) is 0 Å². The van der Waals surface area contributed by atoms with E-state index in [4.69, 9.17) is 4.98 Å². The zero-order chi connectivity index (χ0) is 22.6. The average molecular weight is 457 g/mol. The lowest BCUT2D eigenvalue weighted by Crippen LogP contribution is -2.47. The SMILES string of the molecule is Cc1nc2c(n1C)-c1nc(N[C@H]3CCN(S(=O)(=O)c4cn(C)cn4)C[C@H]3C)ncc1CC2. The Morgan fingerprint density at radius 3 is 2.69 bits per heavy atom. The van der Waals surface area contributed by atoms with Gasteiger partial charge in [-0.25, -0.2) is 28.4 Å². The highest BCUT2D eigenvalue weighted by Crippen LogP contribution is 2.33. The molecule has 170 valence electrons. The first-order chi connectivity index (χ1) is 15.2. The fraction of sp³-hybridized carbons (Fsp3) is 0.524. The Kier molecular flexibility index (Phi) is 5.05. The standard InChI is InChI=1S/C21H28N8O2S/c1-13-10-29(32(30,31)18-11-27(3)12-23-18)8-7-16(13)25-21-22-9-15-5-6-17-20(19(15)26-21)28(4)14(2)24-17/h9,11-13,16H,5-8,10H2,1-4H3,(H,22,25,26)/t13-,16+/m1/s1. The molecule has 11 heteroatoms. The molecule has 1 aliphatic heterocycles. The number of hydrogen-bond donors (Lipinski definition) is 1. The average Bonchev–Trinajstić information content (AvgIpc) is 3.33. The molecule has 32 heavy (non-hydrogen) atoms. The molecule has 0 saturated carbocycles. The molecule has 0 aromatic carbocycles. The number of rotatable bonds is 4. The molecular formula is C21H28N8O2S. The van der Waals surface area contributed by atoms with Gasteiger partial charge in [-0.05, 0) is 37.7 Å². The maximum Gasteiger partial charge on any atom is 0.262 e. The second kappa shape index (κ2) is 7.66. The quantitative estimate of drug-likeness (QED) is 0.634. The van der Waals surface area contributed by atoms with Crippen LogP contribution in [0.2, 0.25) is 0 Å². The van der Waals surface area contributed by atoms with Crippen LogP contribution < -0.4 is 5.32 Å².